The van der Waals surface area contributed by atoms with E-state index in [4.69, 9.17) is 0 Å². The summed E-state index contributed by atoms with van der Waals surface area (Å²) in [6.07, 6.45) is 0.444. The van der Waals surface area contributed by atoms with Crippen LogP contribution in [0.15, 0.2) is 72.8 Å². The molecule has 3 aromatic rings. The number of benzene rings is 3. The number of phenolic OH excluding ortho intramolecular Hbond substituents is 1. The van der Waals surface area contributed by atoms with Gasteiger partial charge in [0.05, 0.1) is 5.69 Å². The Morgan fingerprint density at radius 1 is 0.926 bits per heavy atom. The summed E-state index contributed by atoms with van der Waals surface area (Å²) in [6.45, 7) is 0.625. The van der Waals surface area contributed by atoms with Crippen LogP contribution in [0.25, 0.3) is 0 Å². The monoisotopic (exact) mass is 361 g/mol. The third kappa shape index (κ3) is 4.85. The molecule has 0 saturated carbocycles. The quantitative estimate of drug-likeness (QED) is 0.380. The molecule has 27 heavy (non-hydrogen) atoms. The largest absolute Gasteiger partial charge is 0.506 e. The molecule has 0 bridgehead atoms. The third-order valence-corrected chi connectivity index (χ3v) is 3.93. The Hall–Kier alpha value is -3.80. The molecule has 0 atom stereocenters. The fourth-order valence-electron chi connectivity index (χ4n) is 2.58. The SMILES string of the molecule is O=CNc1cc(C(=O)Nc2cccc(CNc3ccccc3)c2)ccc1O. The zero-order valence-corrected chi connectivity index (χ0v) is 14.5. The Labute approximate surface area is 156 Å². The molecule has 0 heterocycles. The van der Waals surface area contributed by atoms with Crippen molar-refractivity contribution < 1.29 is 14.7 Å². The van der Waals surface area contributed by atoms with Gasteiger partial charge in [0.15, 0.2) is 0 Å². The van der Waals surface area contributed by atoms with Gasteiger partial charge in [0.1, 0.15) is 5.75 Å². The van der Waals surface area contributed by atoms with E-state index in [1.165, 1.54) is 18.2 Å². The van der Waals surface area contributed by atoms with Crippen LogP contribution in [0, 0.1) is 0 Å². The highest BCUT2D eigenvalue weighted by Gasteiger charge is 2.10. The summed E-state index contributed by atoms with van der Waals surface area (Å²) in [5.74, 6) is -0.440. The lowest BCUT2D eigenvalue weighted by Gasteiger charge is -2.10. The first-order valence-electron chi connectivity index (χ1n) is 8.38. The molecule has 3 aromatic carbocycles. The van der Waals surface area contributed by atoms with Crippen molar-refractivity contribution in [1.29, 1.82) is 0 Å². The van der Waals surface area contributed by atoms with Crippen molar-refractivity contribution in [1.82, 2.24) is 0 Å². The van der Waals surface area contributed by atoms with Crippen LogP contribution in [-0.2, 0) is 11.3 Å². The highest BCUT2D eigenvalue weighted by Crippen LogP contribution is 2.24. The number of rotatable bonds is 7. The first-order valence-corrected chi connectivity index (χ1v) is 8.38. The molecule has 0 saturated heterocycles. The molecular formula is C21H19N3O3. The van der Waals surface area contributed by atoms with E-state index in [0.717, 1.165) is 11.3 Å². The summed E-state index contributed by atoms with van der Waals surface area (Å²) in [7, 11) is 0. The van der Waals surface area contributed by atoms with Gasteiger partial charge in [-0.3, -0.25) is 9.59 Å². The van der Waals surface area contributed by atoms with Crippen LogP contribution >= 0.6 is 0 Å². The second-order valence-electron chi connectivity index (χ2n) is 5.87. The van der Waals surface area contributed by atoms with E-state index < -0.39 is 0 Å². The van der Waals surface area contributed by atoms with Crippen LogP contribution in [0.5, 0.6) is 5.75 Å². The van der Waals surface area contributed by atoms with Crippen molar-refractivity contribution in [3.8, 4) is 5.75 Å². The molecule has 3 rings (SSSR count). The fraction of sp³-hybridized carbons (Fsp3) is 0.0476. The van der Waals surface area contributed by atoms with Crippen LogP contribution in [0.1, 0.15) is 15.9 Å². The van der Waals surface area contributed by atoms with E-state index in [-0.39, 0.29) is 17.3 Å². The third-order valence-electron chi connectivity index (χ3n) is 3.93. The second kappa shape index (κ2) is 8.53. The molecule has 0 aromatic heterocycles. The molecule has 4 N–H and O–H groups in total. The fourth-order valence-corrected chi connectivity index (χ4v) is 2.58. The standard InChI is InChI=1S/C21H19N3O3/c25-14-23-19-12-16(9-10-20(19)26)21(27)24-18-8-4-5-15(11-18)13-22-17-6-2-1-3-7-17/h1-12,14,22,26H,13H2,(H,23,25)(H,24,27). The Morgan fingerprint density at radius 2 is 1.70 bits per heavy atom. The van der Waals surface area contributed by atoms with E-state index >= 15 is 0 Å². The minimum absolute atomic E-state index is 0.104. The Bertz CT molecular complexity index is 942. The van der Waals surface area contributed by atoms with E-state index in [1.54, 1.807) is 6.07 Å². The molecule has 0 radical (unpaired) electrons. The van der Waals surface area contributed by atoms with Gasteiger partial charge in [-0.15, -0.1) is 0 Å². The Kier molecular flexibility index (Phi) is 5.69. The van der Waals surface area contributed by atoms with E-state index in [1.807, 2.05) is 48.5 Å². The number of nitrogens with one attached hydrogen (secondary N) is 3. The van der Waals surface area contributed by atoms with Crippen molar-refractivity contribution in [3.63, 3.8) is 0 Å². The average Bonchev–Trinajstić information content (AvgIpc) is 2.69. The first kappa shape index (κ1) is 18.0. The van der Waals surface area contributed by atoms with Crippen molar-refractivity contribution in [3.05, 3.63) is 83.9 Å². The van der Waals surface area contributed by atoms with Gasteiger partial charge >= 0.3 is 0 Å². The van der Waals surface area contributed by atoms with Crippen LogP contribution in [0.3, 0.4) is 0 Å². The predicted octanol–water partition coefficient (Wildman–Crippen LogP) is 3.82. The van der Waals surface area contributed by atoms with E-state index in [9.17, 15) is 14.7 Å². The van der Waals surface area contributed by atoms with Crippen LogP contribution in [-0.4, -0.2) is 17.4 Å². The molecule has 136 valence electrons. The lowest BCUT2D eigenvalue weighted by Crippen LogP contribution is -2.12. The van der Waals surface area contributed by atoms with Crippen molar-refractivity contribution in [2.75, 3.05) is 16.0 Å². The highest BCUT2D eigenvalue weighted by atomic mass is 16.3. The van der Waals surface area contributed by atoms with Gasteiger partial charge in [-0.05, 0) is 48.0 Å². The molecule has 0 unspecified atom stereocenters. The van der Waals surface area contributed by atoms with Gasteiger partial charge in [-0.1, -0.05) is 30.3 Å². The topological polar surface area (TPSA) is 90.5 Å². The number of anilines is 3. The molecule has 0 aliphatic carbocycles. The summed E-state index contributed by atoms with van der Waals surface area (Å²) in [5.41, 5.74) is 3.20. The number of para-hydroxylation sites is 1. The Morgan fingerprint density at radius 3 is 2.48 bits per heavy atom. The van der Waals surface area contributed by atoms with Gasteiger partial charge in [0.2, 0.25) is 6.41 Å². The number of hydrogen-bond donors (Lipinski definition) is 4. The number of carbonyl (C=O) groups is 2. The first-order chi connectivity index (χ1) is 13.2. The molecular weight excluding hydrogens is 342 g/mol. The predicted molar refractivity (Wildman–Crippen MR) is 106 cm³/mol. The zero-order valence-electron chi connectivity index (χ0n) is 14.5. The second-order valence-corrected chi connectivity index (χ2v) is 5.87. The van der Waals surface area contributed by atoms with Gasteiger partial charge in [0.25, 0.3) is 5.91 Å². The number of phenols is 1. The zero-order chi connectivity index (χ0) is 19.1. The van der Waals surface area contributed by atoms with Crippen LogP contribution < -0.4 is 16.0 Å². The number of hydrogen-bond acceptors (Lipinski definition) is 4. The minimum atomic E-state index is -0.336. The smallest absolute Gasteiger partial charge is 0.255 e. The maximum atomic E-state index is 12.4. The summed E-state index contributed by atoms with van der Waals surface area (Å²) >= 11 is 0. The molecule has 0 aliphatic rings. The van der Waals surface area contributed by atoms with Gasteiger partial charge in [-0.25, -0.2) is 0 Å². The lowest BCUT2D eigenvalue weighted by molar-refractivity contribution is -0.105. The average molecular weight is 361 g/mol. The molecule has 0 fully saturated rings. The van der Waals surface area contributed by atoms with Crippen molar-refractivity contribution in [2.24, 2.45) is 0 Å². The van der Waals surface area contributed by atoms with Gasteiger partial charge < -0.3 is 21.1 Å². The minimum Gasteiger partial charge on any atom is -0.506 e. The molecule has 0 spiro atoms. The van der Waals surface area contributed by atoms with Gasteiger partial charge in [-0.2, -0.15) is 0 Å². The molecule has 2 amide bonds. The van der Waals surface area contributed by atoms with Gasteiger partial charge in [0, 0.05) is 23.5 Å². The highest BCUT2D eigenvalue weighted by molar-refractivity contribution is 6.05. The summed E-state index contributed by atoms with van der Waals surface area (Å²) in [5, 5.41) is 18.2. The molecule has 6 heteroatoms. The maximum absolute atomic E-state index is 12.4. The van der Waals surface area contributed by atoms with Crippen molar-refractivity contribution in [2.45, 2.75) is 6.54 Å². The van der Waals surface area contributed by atoms with E-state index in [0.29, 0.717) is 24.2 Å². The maximum Gasteiger partial charge on any atom is 0.255 e. The van der Waals surface area contributed by atoms with Crippen molar-refractivity contribution >= 4 is 29.4 Å². The van der Waals surface area contributed by atoms with E-state index in [2.05, 4.69) is 16.0 Å². The summed E-state index contributed by atoms with van der Waals surface area (Å²) in [4.78, 5) is 23.0. The molecule has 6 nitrogen and oxygen atoms in total. The lowest BCUT2D eigenvalue weighted by atomic mass is 10.1. The summed E-state index contributed by atoms with van der Waals surface area (Å²) < 4.78 is 0. The molecule has 0 aliphatic heterocycles. The Balaban J connectivity index is 1.67. The summed E-state index contributed by atoms with van der Waals surface area (Å²) in [6, 6.07) is 21.7. The number of carbonyl (C=O) groups excluding carboxylic acids is 2. The number of aromatic hydroxyl groups is 1. The van der Waals surface area contributed by atoms with Crippen LogP contribution in [0.4, 0.5) is 17.1 Å². The normalized spacial score (nSPS) is 10.1. The number of amides is 2. The van der Waals surface area contributed by atoms with Crippen LogP contribution in [0.2, 0.25) is 0 Å².